The van der Waals surface area contributed by atoms with E-state index in [1.807, 2.05) is 0 Å². The average molecular weight is 225 g/mol. The Bertz CT molecular complexity index is 360. The minimum atomic E-state index is -1.73. The molecule has 1 aromatic rings. The molecule has 0 atom stereocenters. The fraction of sp³-hybridized carbons (Fsp3) is 0.333. The second-order valence-electron chi connectivity index (χ2n) is 2.98. The second-order valence-corrected chi connectivity index (χ2v) is 2.98. The normalized spacial score (nSPS) is 10.6. The van der Waals surface area contributed by atoms with Gasteiger partial charge in [0, 0.05) is 11.1 Å². The van der Waals surface area contributed by atoms with Crippen LogP contribution < -0.4 is 5.34 Å². The van der Waals surface area contributed by atoms with Gasteiger partial charge >= 0.3 is 0 Å². The van der Waals surface area contributed by atoms with Crippen LogP contribution in [0.25, 0.3) is 0 Å². The monoisotopic (exact) mass is 225 g/mol. The Morgan fingerprint density at radius 1 is 1.00 bits per heavy atom. The van der Waals surface area contributed by atoms with E-state index in [1.54, 1.807) is 0 Å². The molecule has 0 fully saturated rings. The molecule has 0 heterocycles. The summed E-state index contributed by atoms with van der Waals surface area (Å²) in [7, 11) is 0. The molecule has 84 valence electrons. The van der Waals surface area contributed by atoms with Crippen molar-refractivity contribution >= 4 is 5.69 Å². The predicted octanol–water partition coefficient (Wildman–Crippen LogP) is 3.55. The number of rotatable bonds is 2. The molecule has 0 spiro atoms. The minimum absolute atomic E-state index is 0.103. The van der Waals surface area contributed by atoms with Crippen molar-refractivity contribution in [2.75, 3.05) is 5.34 Å². The number of benzene rings is 1. The van der Waals surface area contributed by atoms with Gasteiger partial charge in [0.25, 0.3) is 0 Å². The first kappa shape index (κ1) is 11.7. The lowest BCUT2D eigenvalue weighted by atomic mass is 10.1. The van der Waals surface area contributed by atoms with E-state index in [2.05, 4.69) is 0 Å². The summed E-state index contributed by atoms with van der Waals surface area (Å²) in [4.78, 5) is 0. The highest BCUT2D eigenvalue weighted by Gasteiger charge is 2.25. The molecule has 0 amide bonds. The van der Waals surface area contributed by atoms with E-state index in [0.717, 1.165) is 6.92 Å². The molecule has 6 heteroatoms. The zero-order chi connectivity index (χ0) is 11.7. The second kappa shape index (κ2) is 4.04. The van der Waals surface area contributed by atoms with Crippen LogP contribution in [0.2, 0.25) is 0 Å². The van der Waals surface area contributed by atoms with Crippen molar-refractivity contribution in [3.63, 3.8) is 0 Å². The Balaban J connectivity index is 3.59. The summed E-state index contributed by atoms with van der Waals surface area (Å²) < 4.78 is 63.8. The standard InChI is InChI=1S/C9H8F5N/c1-3-5-6(10)4(2)9(15(13)14)8(12)7(5)11/h3H2,1-2H3. The molecule has 0 saturated heterocycles. The Morgan fingerprint density at radius 3 is 1.93 bits per heavy atom. The van der Waals surface area contributed by atoms with Gasteiger partial charge in [-0.25, -0.2) is 13.2 Å². The largest absolute Gasteiger partial charge is 0.206 e. The van der Waals surface area contributed by atoms with Crippen LogP contribution in [0.4, 0.5) is 27.8 Å². The zero-order valence-corrected chi connectivity index (χ0v) is 8.04. The smallest absolute Gasteiger partial charge is 0.188 e. The fourth-order valence-electron chi connectivity index (χ4n) is 1.34. The highest BCUT2D eigenvalue weighted by Crippen LogP contribution is 2.32. The SMILES string of the molecule is CCc1c(F)c(C)c(N(F)F)c(F)c1F. The topological polar surface area (TPSA) is 3.24 Å². The summed E-state index contributed by atoms with van der Waals surface area (Å²) in [6.45, 7) is 2.38. The highest BCUT2D eigenvalue weighted by atomic mass is 19.4. The molecule has 0 bridgehead atoms. The van der Waals surface area contributed by atoms with Crippen LogP contribution in [0.3, 0.4) is 0 Å². The molecule has 0 aliphatic heterocycles. The summed E-state index contributed by atoms with van der Waals surface area (Å²) in [5.74, 6) is -4.42. The quantitative estimate of drug-likeness (QED) is 0.422. The third kappa shape index (κ3) is 1.75. The summed E-state index contributed by atoms with van der Waals surface area (Å²) in [5, 5.41) is -1.63. The van der Waals surface area contributed by atoms with Crippen LogP contribution in [0, 0.1) is 24.4 Å². The van der Waals surface area contributed by atoms with Crippen LogP contribution in [0.5, 0.6) is 0 Å². The lowest BCUT2D eigenvalue weighted by molar-refractivity contribution is 0.228. The molecule has 0 unspecified atom stereocenters. The maximum atomic E-state index is 13.3. The van der Waals surface area contributed by atoms with Gasteiger partial charge in [0.15, 0.2) is 11.6 Å². The fourth-order valence-corrected chi connectivity index (χ4v) is 1.34. The van der Waals surface area contributed by atoms with Gasteiger partial charge in [-0.1, -0.05) is 15.9 Å². The molecule has 0 radical (unpaired) electrons. The molecular weight excluding hydrogens is 217 g/mol. The number of nitrogens with zero attached hydrogens (tertiary/aromatic N) is 1. The molecule has 0 saturated carbocycles. The van der Waals surface area contributed by atoms with Crippen LogP contribution in [-0.2, 0) is 6.42 Å². The van der Waals surface area contributed by atoms with Gasteiger partial charge < -0.3 is 0 Å². The van der Waals surface area contributed by atoms with Crippen LogP contribution in [0.15, 0.2) is 0 Å². The third-order valence-corrected chi connectivity index (χ3v) is 2.14. The Hall–Kier alpha value is -1.33. The lowest BCUT2D eigenvalue weighted by Crippen LogP contribution is -2.09. The van der Waals surface area contributed by atoms with Crippen molar-refractivity contribution in [1.29, 1.82) is 0 Å². The molecule has 1 nitrogen and oxygen atoms in total. The van der Waals surface area contributed by atoms with Gasteiger partial charge in [-0.3, -0.25) is 0 Å². The minimum Gasteiger partial charge on any atom is -0.206 e. The summed E-state index contributed by atoms with van der Waals surface area (Å²) in [5.41, 5.74) is -2.48. The maximum absolute atomic E-state index is 13.3. The van der Waals surface area contributed by atoms with Crippen molar-refractivity contribution in [2.45, 2.75) is 20.3 Å². The van der Waals surface area contributed by atoms with Gasteiger partial charge in [-0.2, -0.15) is 0 Å². The maximum Gasteiger partial charge on any atom is 0.188 e. The number of anilines is 1. The summed E-state index contributed by atoms with van der Waals surface area (Å²) >= 11 is 0. The Kier molecular flexibility index (Phi) is 3.16. The zero-order valence-electron chi connectivity index (χ0n) is 8.04. The highest BCUT2D eigenvalue weighted by molar-refractivity contribution is 5.53. The number of hydrogen-bond donors (Lipinski definition) is 0. The Morgan fingerprint density at radius 2 is 1.53 bits per heavy atom. The van der Waals surface area contributed by atoms with E-state index in [-0.39, 0.29) is 6.42 Å². The molecule has 1 aromatic carbocycles. The van der Waals surface area contributed by atoms with Gasteiger partial charge in [0.05, 0.1) is 0 Å². The molecule has 0 aliphatic rings. The van der Waals surface area contributed by atoms with E-state index < -0.39 is 39.6 Å². The predicted molar refractivity (Wildman–Crippen MR) is 45.1 cm³/mol. The van der Waals surface area contributed by atoms with E-state index in [0.29, 0.717) is 0 Å². The van der Waals surface area contributed by atoms with Crippen molar-refractivity contribution in [3.05, 3.63) is 28.6 Å². The molecule has 15 heavy (non-hydrogen) atoms. The van der Waals surface area contributed by atoms with Crippen molar-refractivity contribution in [2.24, 2.45) is 0 Å². The first-order valence-electron chi connectivity index (χ1n) is 4.19. The van der Waals surface area contributed by atoms with Crippen LogP contribution in [0.1, 0.15) is 18.1 Å². The summed E-state index contributed by atoms with van der Waals surface area (Å²) in [6.07, 6.45) is -0.103. The van der Waals surface area contributed by atoms with Gasteiger partial charge in [-0.15, -0.1) is 0 Å². The van der Waals surface area contributed by atoms with Gasteiger partial charge in [0.1, 0.15) is 11.5 Å². The molecular formula is C9H8F5N. The van der Waals surface area contributed by atoms with Crippen molar-refractivity contribution in [3.8, 4) is 0 Å². The summed E-state index contributed by atoms with van der Waals surface area (Å²) in [6, 6.07) is 0. The molecule has 0 aliphatic carbocycles. The Labute approximate surface area is 83.0 Å². The molecule has 1 rings (SSSR count). The van der Waals surface area contributed by atoms with E-state index >= 15 is 0 Å². The van der Waals surface area contributed by atoms with Gasteiger partial charge in [-0.05, 0) is 18.7 Å². The first-order valence-corrected chi connectivity index (χ1v) is 4.19. The first-order chi connectivity index (χ1) is 6.91. The molecule has 0 N–H and O–H groups in total. The van der Waals surface area contributed by atoms with E-state index in [4.69, 9.17) is 0 Å². The van der Waals surface area contributed by atoms with Crippen LogP contribution >= 0.6 is 0 Å². The lowest BCUT2D eigenvalue weighted by Gasteiger charge is -2.12. The molecule has 0 aromatic heterocycles. The average Bonchev–Trinajstić information content (AvgIpc) is 2.16. The van der Waals surface area contributed by atoms with E-state index in [1.165, 1.54) is 6.92 Å². The van der Waals surface area contributed by atoms with Crippen LogP contribution in [-0.4, -0.2) is 0 Å². The van der Waals surface area contributed by atoms with Gasteiger partial charge in [0.2, 0.25) is 0 Å². The van der Waals surface area contributed by atoms with E-state index in [9.17, 15) is 22.1 Å². The van der Waals surface area contributed by atoms with Crippen molar-refractivity contribution in [1.82, 2.24) is 0 Å². The third-order valence-electron chi connectivity index (χ3n) is 2.14. The number of halogens is 5. The number of hydrogen-bond acceptors (Lipinski definition) is 1. The van der Waals surface area contributed by atoms with Crippen molar-refractivity contribution < 1.29 is 22.1 Å².